The first kappa shape index (κ1) is 18.1. The molecule has 0 aromatic heterocycles. The van der Waals surface area contributed by atoms with Crippen molar-refractivity contribution in [3.05, 3.63) is 65.4 Å². The second-order valence-corrected chi connectivity index (χ2v) is 5.59. The molecule has 0 saturated carbocycles. The molecule has 136 valence electrons. The molecule has 0 N–H and O–H groups in total. The fraction of sp³-hybridized carbons (Fsp3) is 0.100. The van der Waals surface area contributed by atoms with E-state index in [0.717, 1.165) is 0 Å². The summed E-state index contributed by atoms with van der Waals surface area (Å²) < 4.78 is 15.3. The van der Waals surface area contributed by atoms with Crippen molar-refractivity contribution in [2.45, 2.75) is 13.8 Å². The summed E-state index contributed by atoms with van der Waals surface area (Å²) in [7, 11) is 0. The summed E-state index contributed by atoms with van der Waals surface area (Å²) in [5, 5.41) is 0. The number of hydrogen-bond acceptors (Lipinski definition) is 7. The van der Waals surface area contributed by atoms with E-state index in [1.165, 1.54) is 32.1 Å². The van der Waals surface area contributed by atoms with Gasteiger partial charge in [-0.05, 0) is 30.3 Å². The van der Waals surface area contributed by atoms with Crippen LogP contribution in [-0.4, -0.2) is 23.8 Å². The Kier molecular flexibility index (Phi) is 5.12. The van der Waals surface area contributed by atoms with Gasteiger partial charge >= 0.3 is 17.9 Å². The van der Waals surface area contributed by atoms with Crippen LogP contribution in [-0.2, 0) is 19.1 Å². The molecule has 0 bridgehead atoms. The quantitative estimate of drug-likeness (QED) is 0.470. The van der Waals surface area contributed by atoms with Crippen molar-refractivity contribution >= 4 is 29.9 Å². The number of ether oxygens (including phenoxy) is 3. The SMILES string of the molecule is CC(=O)Oc1ccc(/C=C2\N=C(c3ccccc3)OC2=O)c(OC(C)=O)c1. The lowest BCUT2D eigenvalue weighted by atomic mass is 10.1. The van der Waals surface area contributed by atoms with Gasteiger partial charge < -0.3 is 14.2 Å². The Labute approximate surface area is 154 Å². The summed E-state index contributed by atoms with van der Waals surface area (Å²) in [5.41, 5.74) is 1.13. The average molecular weight is 365 g/mol. The van der Waals surface area contributed by atoms with Crippen molar-refractivity contribution in [3.63, 3.8) is 0 Å². The largest absolute Gasteiger partial charge is 0.427 e. The highest BCUT2D eigenvalue weighted by Gasteiger charge is 2.24. The lowest BCUT2D eigenvalue weighted by molar-refractivity contribution is -0.132. The Balaban J connectivity index is 1.97. The number of carbonyl (C=O) groups excluding carboxylic acids is 3. The third kappa shape index (κ3) is 4.46. The molecule has 2 aromatic rings. The number of benzene rings is 2. The molecule has 27 heavy (non-hydrogen) atoms. The Bertz CT molecular complexity index is 975. The number of nitrogens with zero attached hydrogens (tertiary/aromatic N) is 1. The molecule has 0 unspecified atom stereocenters. The monoisotopic (exact) mass is 365 g/mol. The van der Waals surface area contributed by atoms with Gasteiger partial charge in [0.2, 0.25) is 5.90 Å². The molecule has 0 aliphatic carbocycles. The molecule has 1 aliphatic rings. The Morgan fingerprint density at radius 1 is 1.00 bits per heavy atom. The van der Waals surface area contributed by atoms with Crippen LogP contribution < -0.4 is 9.47 Å². The second kappa shape index (κ2) is 7.65. The lowest BCUT2D eigenvalue weighted by Crippen LogP contribution is -2.06. The number of hydrogen-bond donors (Lipinski definition) is 0. The van der Waals surface area contributed by atoms with Crippen molar-refractivity contribution in [1.29, 1.82) is 0 Å². The van der Waals surface area contributed by atoms with Gasteiger partial charge in [-0.3, -0.25) is 9.59 Å². The van der Waals surface area contributed by atoms with Crippen LogP contribution in [0.3, 0.4) is 0 Å². The van der Waals surface area contributed by atoms with Gasteiger partial charge in [-0.2, -0.15) is 0 Å². The number of carbonyl (C=O) groups is 3. The zero-order valence-electron chi connectivity index (χ0n) is 14.6. The van der Waals surface area contributed by atoms with E-state index in [4.69, 9.17) is 14.2 Å². The first-order valence-corrected chi connectivity index (χ1v) is 8.01. The summed E-state index contributed by atoms with van der Waals surface area (Å²) in [5.74, 6) is -1.15. The Morgan fingerprint density at radius 2 is 1.70 bits per heavy atom. The molecule has 2 aromatic carbocycles. The number of rotatable bonds is 4. The maximum Gasteiger partial charge on any atom is 0.363 e. The van der Waals surface area contributed by atoms with Gasteiger partial charge in [-0.15, -0.1) is 0 Å². The minimum atomic E-state index is -0.619. The van der Waals surface area contributed by atoms with E-state index in [2.05, 4.69) is 4.99 Å². The molecule has 3 rings (SSSR count). The zero-order chi connectivity index (χ0) is 19.4. The van der Waals surface area contributed by atoms with Gasteiger partial charge in [0, 0.05) is 31.0 Å². The maximum absolute atomic E-state index is 12.1. The van der Waals surface area contributed by atoms with Crippen molar-refractivity contribution in [3.8, 4) is 11.5 Å². The minimum Gasteiger partial charge on any atom is -0.427 e. The molecule has 7 nitrogen and oxygen atoms in total. The van der Waals surface area contributed by atoms with Crippen molar-refractivity contribution < 1.29 is 28.6 Å². The summed E-state index contributed by atoms with van der Waals surface area (Å²) in [4.78, 5) is 38.8. The van der Waals surface area contributed by atoms with Crippen LogP contribution in [0.4, 0.5) is 0 Å². The normalized spacial score (nSPS) is 14.5. The highest BCUT2D eigenvalue weighted by atomic mass is 16.6. The number of esters is 3. The summed E-state index contributed by atoms with van der Waals surface area (Å²) in [6.07, 6.45) is 1.44. The van der Waals surface area contributed by atoms with Gasteiger partial charge in [-0.1, -0.05) is 18.2 Å². The van der Waals surface area contributed by atoms with E-state index in [0.29, 0.717) is 11.1 Å². The smallest absolute Gasteiger partial charge is 0.363 e. The van der Waals surface area contributed by atoms with Crippen LogP contribution in [0.5, 0.6) is 11.5 Å². The highest BCUT2D eigenvalue weighted by molar-refractivity contribution is 6.13. The standard InChI is InChI=1S/C20H15NO6/c1-12(22)25-16-9-8-15(18(11-16)26-13(2)23)10-17-20(24)27-19(21-17)14-6-4-3-5-7-14/h3-11H,1-2H3/b17-10-. The van der Waals surface area contributed by atoms with E-state index in [1.54, 1.807) is 30.3 Å². The van der Waals surface area contributed by atoms with Crippen LogP contribution in [0.25, 0.3) is 6.08 Å². The summed E-state index contributed by atoms with van der Waals surface area (Å²) >= 11 is 0. The predicted molar refractivity (Wildman–Crippen MR) is 96.1 cm³/mol. The van der Waals surface area contributed by atoms with Gasteiger partial charge in [0.25, 0.3) is 0 Å². The molecular weight excluding hydrogens is 350 g/mol. The van der Waals surface area contributed by atoms with Crippen LogP contribution in [0.2, 0.25) is 0 Å². The molecule has 7 heteroatoms. The fourth-order valence-electron chi connectivity index (χ4n) is 2.37. The maximum atomic E-state index is 12.1. The van der Waals surface area contributed by atoms with E-state index >= 15 is 0 Å². The van der Waals surface area contributed by atoms with Crippen LogP contribution in [0.15, 0.2) is 59.2 Å². The topological polar surface area (TPSA) is 91.3 Å². The van der Waals surface area contributed by atoms with Gasteiger partial charge in [-0.25, -0.2) is 9.79 Å². The van der Waals surface area contributed by atoms with Gasteiger partial charge in [0.15, 0.2) is 5.70 Å². The lowest BCUT2D eigenvalue weighted by Gasteiger charge is -2.08. The first-order chi connectivity index (χ1) is 12.9. The molecule has 1 aliphatic heterocycles. The number of cyclic esters (lactones) is 1. The number of aliphatic imine (C=N–C) groups is 1. The third-order valence-corrected chi connectivity index (χ3v) is 3.43. The fourth-order valence-corrected chi connectivity index (χ4v) is 2.37. The molecule has 0 spiro atoms. The zero-order valence-corrected chi connectivity index (χ0v) is 14.6. The Morgan fingerprint density at radius 3 is 2.37 bits per heavy atom. The first-order valence-electron chi connectivity index (χ1n) is 8.01. The van der Waals surface area contributed by atoms with Crippen LogP contribution in [0, 0.1) is 0 Å². The molecule has 0 amide bonds. The van der Waals surface area contributed by atoms with Crippen molar-refractivity contribution in [1.82, 2.24) is 0 Å². The predicted octanol–water partition coefficient (Wildman–Crippen LogP) is 2.88. The van der Waals surface area contributed by atoms with E-state index in [1.807, 2.05) is 6.07 Å². The van der Waals surface area contributed by atoms with Gasteiger partial charge in [0.1, 0.15) is 11.5 Å². The average Bonchev–Trinajstić information content (AvgIpc) is 2.98. The summed E-state index contributed by atoms with van der Waals surface area (Å²) in [6, 6.07) is 13.4. The third-order valence-electron chi connectivity index (χ3n) is 3.43. The van der Waals surface area contributed by atoms with Crippen molar-refractivity contribution in [2.75, 3.05) is 0 Å². The minimum absolute atomic E-state index is 0.0579. The summed E-state index contributed by atoms with van der Waals surface area (Å²) in [6.45, 7) is 2.50. The molecular formula is C20H15NO6. The molecule has 0 radical (unpaired) electrons. The second-order valence-electron chi connectivity index (χ2n) is 5.59. The Hall–Kier alpha value is -3.74. The van der Waals surface area contributed by atoms with E-state index < -0.39 is 17.9 Å². The molecule has 0 fully saturated rings. The molecule has 0 atom stereocenters. The van der Waals surface area contributed by atoms with Gasteiger partial charge in [0.05, 0.1) is 0 Å². The molecule has 1 heterocycles. The van der Waals surface area contributed by atoms with Crippen LogP contribution in [0.1, 0.15) is 25.0 Å². The van der Waals surface area contributed by atoms with Crippen LogP contribution >= 0.6 is 0 Å². The highest BCUT2D eigenvalue weighted by Crippen LogP contribution is 2.29. The molecule has 0 saturated heterocycles. The van der Waals surface area contributed by atoms with Crippen molar-refractivity contribution in [2.24, 2.45) is 4.99 Å². The van der Waals surface area contributed by atoms with E-state index in [-0.39, 0.29) is 23.1 Å². The van der Waals surface area contributed by atoms with E-state index in [9.17, 15) is 14.4 Å².